The van der Waals surface area contributed by atoms with Gasteiger partial charge in [0, 0.05) is 19.1 Å². The lowest BCUT2D eigenvalue weighted by Crippen LogP contribution is -2.42. The number of aliphatic hydroxyl groups is 1. The van der Waals surface area contributed by atoms with Crippen molar-refractivity contribution in [1.82, 2.24) is 4.90 Å². The first-order valence-corrected chi connectivity index (χ1v) is 7.99. The molecular formula is C17H24FNO2. The maximum atomic E-state index is 12.8. The van der Waals surface area contributed by atoms with Crippen molar-refractivity contribution in [2.75, 3.05) is 19.7 Å². The zero-order chi connectivity index (χ0) is 14.7. The number of rotatable bonds is 4. The van der Waals surface area contributed by atoms with Gasteiger partial charge in [0.15, 0.2) is 0 Å². The van der Waals surface area contributed by atoms with E-state index < -0.39 is 5.60 Å². The van der Waals surface area contributed by atoms with Crippen LogP contribution in [0.2, 0.25) is 0 Å². The smallest absolute Gasteiger partial charge is 0.123 e. The van der Waals surface area contributed by atoms with Gasteiger partial charge in [-0.3, -0.25) is 4.90 Å². The van der Waals surface area contributed by atoms with E-state index in [1.165, 1.54) is 44.2 Å². The topological polar surface area (TPSA) is 32.7 Å². The fraction of sp³-hybridized carbons (Fsp3) is 0.647. The Labute approximate surface area is 125 Å². The highest BCUT2D eigenvalue weighted by Crippen LogP contribution is 2.30. The van der Waals surface area contributed by atoms with Crippen LogP contribution in [0.15, 0.2) is 24.3 Å². The van der Waals surface area contributed by atoms with E-state index in [2.05, 4.69) is 4.90 Å². The molecule has 21 heavy (non-hydrogen) atoms. The Morgan fingerprint density at radius 3 is 2.62 bits per heavy atom. The van der Waals surface area contributed by atoms with Crippen LogP contribution in [0.25, 0.3) is 0 Å². The summed E-state index contributed by atoms with van der Waals surface area (Å²) in [6, 6.07) is 6.60. The van der Waals surface area contributed by atoms with E-state index in [1.54, 1.807) is 12.1 Å². The highest BCUT2D eigenvalue weighted by atomic mass is 19.1. The molecule has 0 aromatic heterocycles. The Balaban J connectivity index is 1.52. The molecule has 1 atom stereocenters. The van der Waals surface area contributed by atoms with Gasteiger partial charge in [-0.25, -0.2) is 4.39 Å². The number of hydrogen-bond acceptors (Lipinski definition) is 3. The molecule has 1 heterocycles. The second-order valence-electron chi connectivity index (χ2n) is 6.48. The van der Waals surface area contributed by atoms with Gasteiger partial charge in [0.05, 0.1) is 0 Å². The van der Waals surface area contributed by atoms with Crippen LogP contribution >= 0.6 is 0 Å². The van der Waals surface area contributed by atoms with Crippen LogP contribution in [-0.4, -0.2) is 41.3 Å². The number of β-amino-alcohol motifs (C(OH)–C–C–N with tert-alkyl or cyclic N) is 1. The largest absolute Gasteiger partial charge is 0.491 e. The SMILES string of the molecule is OC1(COc2ccc(F)cc2)CCN(C2CCCCC2)C1. The standard InChI is InChI=1S/C17H24FNO2/c18-14-6-8-16(9-7-14)21-13-17(20)10-11-19(12-17)15-4-2-1-3-5-15/h6-9,15,20H,1-5,10-13H2. The van der Waals surface area contributed by atoms with Gasteiger partial charge in [-0.1, -0.05) is 19.3 Å². The normalized spacial score (nSPS) is 27.9. The van der Waals surface area contributed by atoms with Crippen LogP contribution in [0.4, 0.5) is 4.39 Å². The molecule has 2 aliphatic rings. The van der Waals surface area contributed by atoms with Crippen LogP contribution in [0.1, 0.15) is 38.5 Å². The van der Waals surface area contributed by atoms with Gasteiger partial charge in [-0.05, 0) is 43.5 Å². The number of ether oxygens (including phenoxy) is 1. The van der Waals surface area contributed by atoms with Gasteiger partial charge in [0.2, 0.25) is 0 Å². The molecule has 1 aromatic rings. The number of nitrogens with zero attached hydrogens (tertiary/aromatic N) is 1. The number of benzene rings is 1. The molecule has 4 heteroatoms. The van der Waals surface area contributed by atoms with E-state index in [1.807, 2.05) is 0 Å². The molecule has 1 aliphatic carbocycles. The summed E-state index contributed by atoms with van der Waals surface area (Å²) in [7, 11) is 0. The van der Waals surface area contributed by atoms with E-state index in [-0.39, 0.29) is 12.4 Å². The molecule has 1 saturated carbocycles. The van der Waals surface area contributed by atoms with Crippen LogP contribution < -0.4 is 4.74 Å². The summed E-state index contributed by atoms with van der Waals surface area (Å²) in [6.45, 7) is 1.93. The first-order valence-electron chi connectivity index (χ1n) is 7.99. The van der Waals surface area contributed by atoms with Crippen LogP contribution in [-0.2, 0) is 0 Å². The van der Waals surface area contributed by atoms with Crippen LogP contribution in [0.3, 0.4) is 0 Å². The van der Waals surface area contributed by atoms with E-state index in [9.17, 15) is 9.50 Å². The molecule has 0 bridgehead atoms. The van der Waals surface area contributed by atoms with Crippen molar-refractivity contribution >= 4 is 0 Å². The van der Waals surface area contributed by atoms with Crippen molar-refractivity contribution < 1.29 is 14.2 Å². The maximum Gasteiger partial charge on any atom is 0.123 e. The summed E-state index contributed by atoms with van der Waals surface area (Å²) in [6.07, 6.45) is 7.24. The minimum atomic E-state index is -0.772. The van der Waals surface area contributed by atoms with Crippen molar-refractivity contribution in [2.45, 2.75) is 50.2 Å². The molecule has 2 fully saturated rings. The van der Waals surface area contributed by atoms with Crippen molar-refractivity contribution in [2.24, 2.45) is 0 Å². The Morgan fingerprint density at radius 1 is 1.19 bits per heavy atom. The Morgan fingerprint density at radius 2 is 1.90 bits per heavy atom. The molecule has 1 unspecified atom stereocenters. The fourth-order valence-electron chi connectivity index (χ4n) is 3.51. The van der Waals surface area contributed by atoms with E-state index in [4.69, 9.17) is 4.74 Å². The van der Waals surface area contributed by atoms with Crippen molar-refractivity contribution in [3.8, 4) is 5.75 Å². The molecule has 0 radical (unpaired) electrons. The highest BCUT2D eigenvalue weighted by molar-refractivity contribution is 5.22. The number of halogens is 1. The quantitative estimate of drug-likeness (QED) is 0.926. The van der Waals surface area contributed by atoms with Crippen LogP contribution in [0, 0.1) is 5.82 Å². The summed E-state index contributed by atoms with van der Waals surface area (Å²) >= 11 is 0. The first kappa shape index (κ1) is 14.8. The minimum Gasteiger partial charge on any atom is -0.491 e. The average molecular weight is 293 g/mol. The molecule has 116 valence electrons. The third kappa shape index (κ3) is 3.74. The molecule has 1 aromatic carbocycles. The van der Waals surface area contributed by atoms with E-state index >= 15 is 0 Å². The first-order chi connectivity index (χ1) is 10.1. The third-order valence-corrected chi connectivity index (χ3v) is 4.77. The molecule has 0 amide bonds. The maximum absolute atomic E-state index is 12.8. The second kappa shape index (κ2) is 6.32. The number of likely N-dealkylation sites (tertiary alicyclic amines) is 1. The number of hydrogen-bond donors (Lipinski definition) is 1. The summed E-state index contributed by atoms with van der Waals surface area (Å²) in [4.78, 5) is 2.42. The summed E-state index contributed by atoms with van der Waals surface area (Å²) in [5.41, 5.74) is -0.772. The fourth-order valence-corrected chi connectivity index (χ4v) is 3.51. The lowest BCUT2D eigenvalue weighted by molar-refractivity contribution is -0.00118. The molecule has 1 saturated heterocycles. The van der Waals surface area contributed by atoms with Gasteiger partial charge in [-0.15, -0.1) is 0 Å². The lowest BCUT2D eigenvalue weighted by atomic mass is 9.94. The van der Waals surface area contributed by atoms with Gasteiger partial charge in [0.1, 0.15) is 23.8 Å². The molecule has 1 aliphatic heterocycles. The van der Waals surface area contributed by atoms with Gasteiger partial charge in [0.25, 0.3) is 0 Å². The molecule has 0 spiro atoms. The zero-order valence-electron chi connectivity index (χ0n) is 12.4. The van der Waals surface area contributed by atoms with Crippen molar-refractivity contribution in [3.63, 3.8) is 0 Å². The van der Waals surface area contributed by atoms with Crippen LogP contribution in [0.5, 0.6) is 5.75 Å². The van der Waals surface area contributed by atoms with E-state index in [0.717, 1.165) is 13.0 Å². The van der Waals surface area contributed by atoms with E-state index in [0.29, 0.717) is 18.3 Å². The predicted octanol–water partition coefficient (Wildman–Crippen LogP) is 2.97. The predicted molar refractivity (Wildman–Crippen MR) is 79.9 cm³/mol. The summed E-state index contributed by atoms with van der Waals surface area (Å²) < 4.78 is 18.5. The third-order valence-electron chi connectivity index (χ3n) is 4.77. The average Bonchev–Trinajstić information content (AvgIpc) is 2.91. The minimum absolute atomic E-state index is 0.273. The van der Waals surface area contributed by atoms with Gasteiger partial charge >= 0.3 is 0 Å². The lowest BCUT2D eigenvalue weighted by Gasteiger charge is -2.32. The molecule has 3 rings (SSSR count). The van der Waals surface area contributed by atoms with Gasteiger partial charge < -0.3 is 9.84 Å². The van der Waals surface area contributed by atoms with Crippen molar-refractivity contribution in [1.29, 1.82) is 0 Å². The van der Waals surface area contributed by atoms with Gasteiger partial charge in [-0.2, -0.15) is 0 Å². The summed E-state index contributed by atoms with van der Waals surface area (Å²) in [5, 5.41) is 10.7. The van der Waals surface area contributed by atoms with Crippen molar-refractivity contribution in [3.05, 3.63) is 30.1 Å². The Hall–Kier alpha value is -1.13. The second-order valence-corrected chi connectivity index (χ2v) is 6.48. The highest BCUT2D eigenvalue weighted by Gasteiger charge is 2.39. The molecular weight excluding hydrogens is 269 g/mol. The molecule has 3 nitrogen and oxygen atoms in total. The summed E-state index contributed by atoms with van der Waals surface area (Å²) in [5.74, 6) is 0.339. The Bertz CT molecular complexity index is 458. The molecule has 1 N–H and O–H groups in total. The monoisotopic (exact) mass is 293 g/mol. The zero-order valence-corrected chi connectivity index (χ0v) is 12.4. The Kier molecular flexibility index (Phi) is 4.45.